The van der Waals surface area contributed by atoms with E-state index >= 15 is 8.78 Å². The standard InChI is InChI=1S/C37H34ClF6N7O4S/c1-17(52)4-5-21-6-7-22(23-9-11-26(38)30-33(23)51(2)49-36(30)50-56(3,54)55)32(47-21)27(14-18-12-19(39)15-20(40)13-18)48-28(53)16-46-34-29(31(45)35(41)42)24-8-10-25(24)37(34,43)44/h6-7,9,11-13,15,17,24-25,27,35,52H,8,10,14,16,45H2,1-3H3,(H,48,53)(H,49,50)/t17-,24-,25+,27-/m0/s1. The maximum Gasteiger partial charge on any atom is 0.292 e. The second-order valence-electron chi connectivity index (χ2n) is 13.6. The second-order valence-corrected chi connectivity index (χ2v) is 15.7. The Morgan fingerprint density at radius 3 is 2.43 bits per heavy atom. The number of alkyl halides is 4. The summed E-state index contributed by atoms with van der Waals surface area (Å²) in [6.07, 6.45) is -3.46. The highest BCUT2D eigenvalue weighted by Gasteiger charge is 2.62. The van der Waals surface area contributed by atoms with Crippen LogP contribution in [0, 0.1) is 35.3 Å². The zero-order chi connectivity index (χ0) is 40.9. The Hall–Kier alpha value is -5.12. The Balaban J connectivity index is 1.50. The lowest BCUT2D eigenvalue weighted by Gasteiger charge is -2.32. The van der Waals surface area contributed by atoms with Crippen molar-refractivity contribution in [2.45, 2.75) is 50.7 Å². The first-order valence-electron chi connectivity index (χ1n) is 17.0. The number of carbonyl (C=O) groups excluding carboxylic acids is 1. The molecule has 2 aliphatic carbocycles. The van der Waals surface area contributed by atoms with Crippen LogP contribution in [-0.4, -0.2) is 71.2 Å². The number of hydrogen-bond donors (Lipinski definition) is 4. The topological polar surface area (TPSA) is 165 Å². The van der Waals surface area contributed by atoms with Gasteiger partial charge in [0.05, 0.1) is 39.6 Å². The van der Waals surface area contributed by atoms with E-state index in [4.69, 9.17) is 17.3 Å². The smallest absolute Gasteiger partial charge is 0.292 e. The molecule has 0 radical (unpaired) electrons. The van der Waals surface area contributed by atoms with E-state index in [1.165, 1.54) is 30.8 Å². The molecular weight excluding hydrogens is 788 g/mol. The number of amides is 1. The lowest BCUT2D eigenvalue weighted by atomic mass is 9.73. The fourth-order valence-corrected chi connectivity index (χ4v) is 7.84. The average Bonchev–Trinajstić information content (AvgIpc) is 3.46. The number of nitrogens with two attached hydrogens (primary N) is 1. The summed E-state index contributed by atoms with van der Waals surface area (Å²) in [6, 6.07) is 7.46. The predicted octanol–water partition coefficient (Wildman–Crippen LogP) is 5.66. The fourth-order valence-electron chi connectivity index (χ4n) is 7.10. The third-order valence-corrected chi connectivity index (χ3v) is 10.4. The van der Waals surface area contributed by atoms with Crippen LogP contribution in [0.1, 0.15) is 42.8 Å². The molecule has 0 spiro atoms. The Morgan fingerprint density at radius 2 is 1.82 bits per heavy atom. The number of aromatic nitrogens is 3. The maximum absolute atomic E-state index is 15.5. The number of allylic oxidation sites excluding steroid dienone is 2. The number of pyridine rings is 1. The van der Waals surface area contributed by atoms with E-state index in [0.717, 1.165) is 18.4 Å². The first-order valence-corrected chi connectivity index (χ1v) is 19.3. The summed E-state index contributed by atoms with van der Waals surface area (Å²) in [7, 11) is -2.30. The molecule has 5 N–H and O–H groups in total. The number of halogens is 7. The van der Waals surface area contributed by atoms with Crippen molar-refractivity contribution in [2.75, 3.05) is 17.5 Å². The lowest BCUT2D eigenvalue weighted by molar-refractivity contribution is -0.120. The van der Waals surface area contributed by atoms with Crippen LogP contribution >= 0.6 is 11.6 Å². The van der Waals surface area contributed by atoms with Crippen molar-refractivity contribution in [3.63, 3.8) is 0 Å². The quantitative estimate of drug-likeness (QED) is 0.118. The number of carbonyl (C=O) groups is 1. The number of anilines is 1. The largest absolute Gasteiger partial charge is 0.397 e. The average molecular weight is 822 g/mol. The van der Waals surface area contributed by atoms with Gasteiger partial charge in [-0.3, -0.25) is 19.2 Å². The number of aliphatic hydroxyl groups is 1. The molecule has 1 amide bonds. The van der Waals surface area contributed by atoms with E-state index in [1.807, 2.05) is 0 Å². The first-order chi connectivity index (χ1) is 26.2. The zero-order valence-electron chi connectivity index (χ0n) is 29.8. The molecule has 19 heteroatoms. The maximum atomic E-state index is 15.5. The number of rotatable bonds is 10. The van der Waals surface area contributed by atoms with Crippen LogP contribution in [0.4, 0.5) is 32.2 Å². The summed E-state index contributed by atoms with van der Waals surface area (Å²) >= 11 is 6.55. The van der Waals surface area contributed by atoms with Crippen LogP contribution in [0.5, 0.6) is 0 Å². The van der Waals surface area contributed by atoms with Gasteiger partial charge in [0.15, 0.2) is 5.82 Å². The molecular formula is C37H34ClF6N7O4S. The number of nitrogens with zero attached hydrogens (tertiary/aromatic N) is 4. The monoisotopic (exact) mass is 821 g/mol. The number of benzene rings is 2. The van der Waals surface area contributed by atoms with E-state index in [-0.39, 0.29) is 58.0 Å². The Bertz CT molecular complexity index is 2460. The van der Waals surface area contributed by atoms with Gasteiger partial charge in [-0.15, -0.1) is 0 Å². The highest BCUT2D eigenvalue weighted by molar-refractivity contribution is 7.92. The van der Waals surface area contributed by atoms with Crippen molar-refractivity contribution in [2.24, 2.45) is 29.6 Å². The van der Waals surface area contributed by atoms with Gasteiger partial charge < -0.3 is 16.2 Å². The Labute approximate surface area is 322 Å². The van der Waals surface area contributed by atoms with Crippen LogP contribution in [0.25, 0.3) is 22.0 Å². The number of aliphatic imine (C=N–C) groups is 1. The van der Waals surface area contributed by atoms with E-state index in [2.05, 4.69) is 37.0 Å². The van der Waals surface area contributed by atoms with Gasteiger partial charge in [0.1, 0.15) is 35.7 Å². The van der Waals surface area contributed by atoms with Gasteiger partial charge in [0.2, 0.25) is 15.9 Å². The second kappa shape index (κ2) is 15.4. The van der Waals surface area contributed by atoms with Gasteiger partial charge in [0, 0.05) is 35.7 Å². The fraction of sp³-hybridized carbons (Fsp3) is 0.351. The van der Waals surface area contributed by atoms with E-state index in [9.17, 15) is 35.9 Å². The molecule has 2 aliphatic rings. The normalized spacial score (nSPS) is 20.2. The van der Waals surface area contributed by atoms with Crippen molar-refractivity contribution >= 4 is 50.0 Å². The molecule has 11 nitrogen and oxygen atoms in total. The van der Waals surface area contributed by atoms with Gasteiger partial charge in [-0.2, -0.15) is 13.9 Å². The molecule has 4 aromatic rings. The van der Waals surface area contributed by atoms with Crippen molar-refractivity contribution in [3.05, 3.63) is 87.3 Å². The molecule has 2 aromatic carbocycles. The minimum Gasteiger partial charge on any atom is -0.397 e. The molecule has 2 saturated carbocycles. The molecule has 6 rings (SSSR count). The summed E-state index contributed by atoms with van der Waals surface area (Å²) in [5.41, 5.74) is 4.17. The molecule has 2 fully saturated rings. The first kappa shape index (κ1) is 40.5. The number of nitrogens with one attached hydrogen (secondary N) is 2. The highest BCUT2D eigenvalue weighted by Crippen LogP contribution is 2.57. The molecule has 0 saturated heterocycles. The van der Waals surface area contributed by atoms with E-state index < -0.39 is 87.4 Å². The molecule has 0 aliphatic heterocycles. The number of fused-ring (bicyclic) bond motifs is 2. The van der Waals surface area contributed by atoms with Gasteiger partial charge in [-0.1, -0.05) is 23.6 Å². The summed E-state index contributed by atoms with van der Waals surface area (Å²) < 4.78 is 115. The predicted molar refractivity (Wildman–Crippen MR) is 198 cm³/mol. The van der Waals surface area contributed by atoms with Crippen LogP contribution < -0.4 is 15.8 Å². The van der Waals surface area contributed by atoms with Crippen molar-refractivity contribution in [1.82, 2.24) is 20.1 Å². The molecule has 2 heterocycles. The molecule has 56 heavy (non-hydrogen) atoms. The minimum absolute atomic E-state index is 0.0299. The molecule has 4 atom stereocenters. The minimum atomic E-state index is -3.83. The Morgan fingerprint density at radius 1 is 1.14 bits per heavy atom. The zero-order valence-corrected chi connectivity index (χ0v) is 31.4. The number of aryl methyl sites for hydroxylation is 1. The lowest BCUT2D eigenvalue weighted by Crippen LogP contribution is -2.37. The highest BCUT2D eigenvalue weighted by atomic mass is 35.5. The summed E-state index contributed by atoms with van der Waals surface area (Å²) in [6.45, 7) is 0.442. The molecule has 0 unspecified atom stereocenters. The number of sulfonamides is 1. The van der Waals surface area contributed by atoms with Crippen LogP contribution in [0.15, 0.2) is 58.7 Å². The van der Waals surface area contributed by atoms with Crippen LogP contribution in [0.3, 0.4) is 0 Å². The van der Waals surface area contributed by atoms with Crippen molar-refractivity contribution in [1.29, 1.82) is 0 Å². The third-order valence-electron chi connectivity index (χ3n) is 9.48. The van der Waals surface area contributed by atoms with Gasteiger partial charge in [0.25, 0.3) is 12.3 Å². The number of hydrogen-bond acceptors (Lipinski definition) is 8. The SMILES string of the molecule is C[C@H](O)C#Cc1ccc(-c2ccc(Cl)c3c(NS(C)(=O)=O)nn(C)c23)c([C@H](Cc2cc(F)cc(F)c2)NC(=O)CN=C2C(=C(N)C(F)F)[C@H]3CC[C@H]3C2(F)F)n1. The third kappa shape index (κ3) is 8.20. The molecule has 0 bridgehead atoms. The van der Waals surface area contributed by atoms with Gasteiger partial charge in [-0.25, -0.2) is 31.0 Å². The van der Waals surface area contributed by atoms with Gasteiger partial charge >= 0.3 is 0 Å². The van der Waals surface area contributed by atoms with Crippen molar-refractivity contribution < 1.29 is 44.7 Å². The Kier molecular flexibility index (Phi) is 11.2. The van der Waals surface area contributed by atoms with Crippen molar-refractivity contribution in [3.8, 4) is 23.0 Å². The summed E-state index contributed by atoms with van der Waals surface area (Å²) in [5.74, 6) is -3.54. The summed E-state index contributed by atoms with van der Waals surface area (Å²) in [4.78, 5) is 22.2. The summed E-state index contributed by atoms with van der Waals surface area (Å²) in [5, 5.41) is 17.1. The van der Waals surface area contributed by atoms with E-state index in [1.54, 1.807) is 12.1 Å². The number of aliphatic hydroxyl groups excluding tert-OH is 1. The van der Waals surface area contributed by atoms with E-state index in [0.29, 0.717) is 17.1 Å². The molecule has 296 valence electrons. The van der Waals surface area contributed by atoms with Crippen LogP contribution in [0.2, 0.25) is 5.02 Å². The van der Waals surface area contributed by atoms with Gasteiger partial charge in [-0.05, 0) is 73.9 Å². The van der Waals surface area contributed by atoms with Crippen LogP contribution in [-0.2, 0) is 28.3 Å². The molecule has 2 aromatic heterocycles.